The number of rotatable bonds is 6. The molecule has 0 unspecified atom stereocenters. The second-order valence-electron chi connectivity index (χ2n) is 6.66. The molecule has 1 N–H and O–H groups in total. The molecule has 1 aliphatic carbocycles. The van der Waals surface area contributed by atoms with Crippen LogP contribution in [-0.4, -0.2) is 29.3 Å². The minimum atomic E-state index is -0.210. The molecule has 26 heavy (non-hydrogen) atoms. The van der Waals surface area contributed by atoms with Crippen molar-refractivity contribution in [1.29, 1.82) is 0 Å². The molecule has 4 rings (SSSR count). The Labute approximate surface area is 152 Å². The fourth-order valence-electron chi connectivity index (χ4n) is 3.22. The zero-order chi connectivity index (χ0) is 18.0. The van der Waals surface area contributed by atoms with Gasteiger partial charge in [0.15, 0.2) is 11.4 Å². The van der Waals surface area contributed by atoms with Crippen LogP contribution in [0.1, 0.15) is 28.9 Å². The molecule has 0 saturated heterocycles. The van der Waals surface area contributed by atoms with Crippen molar-refractivity contribution in [2.24, 2.45) is 0 Å². The van der Waals surface area contributed by atoms with Crippen LogP contribution in [0.2, 0.25) is 0 Å². The first-order chi connectivity index (χ1) is 12.7. The Hall–Kier alpha value is -3.08. The Bertz CT molecular complexity index is 900. The minimum absolute atomic E-state index is 0.0617. The molecule has 5 heteroatoms. The summed E-state index contributed by atoms with van der Waals surface area (Å²) >= 11 is 0. The van der Waals surface area contributed by atoms with Crippen LogP contribution in [0.3, 0.4) is 0 Å². The number of ether oxygens (including phenoxy) is 1. The Morgan fingerprint density at radius 1 is 1.12 bits per heavy atom. The number of hydrogen-bond acceptors (Lipinski definition) is 3. The second-order valence-corrected chi connectivity index (χ2v) is 6.66. The molecule has 0 radical (unpaired) electrons. The van der Waals surface area contributed by atoms with Crippen molar-refractivity contribution >= 4 is 5.91 Å². The van der Waals surface area contributed by atoms with Crippen LogP contribution in [0, 0.1) is 0 Å². The van der Waals surface area contributed by atoms with Crippen LogP contribution in [0.15, 0.2) is 66.9 Å². The highest BCUT2D eigenvalue weighted by Crippen LogP contribution is 2.47. The molecule has 1 saturated carbocycles. The number of para-hydroxylation sites is 1. The second kappa shape index (κ2) is 6.67. The molecule has 1 aliphatic rings. The Balaban J connectivity index is 1.51. The molecule has 1 amide bonds. The molecule has 0 bridgehead atoms. The van der Waals surface area contributed by atoms with Crippen LogP contribution >= 0.6 is 0 Å². The van der Waals surface area contributed by atoms with E-state index in [1.165, 1.54) is 5.56 Å². The molecule has 0 atom stereocenters. The van der Waals surface area contributed by atoms with E-state index in [0.717, 1.165) is 18.5 Å². The fourth-order valence-corrected chi connectivity index (χ4v) is 3.22. The highest BCUT2D eigenvalue weighted by molar-refractivity contribution is 5.95. The van der Waals surface area contributed by atoms with Crippen molar-refractivity contribution in [1.82, 2.24) is 15.1 Å². The van der Waals surface area contributed by atoms with E-state index in [-0.39, 0.29) is 11.3 Å². The van der Waals surface area contributed by atoms with E-state index in [1.807, 2.05) is 48.5 Å². The van der Waals surface area contributed by atoms with Gasteiger partial charge in [0.05, 0.1) is 19.0 Å². The van der Waals surface area contributed by atoms with Crippen LogP contribution in [0.4, 0.5) is 0 Å². The van der Waals surface area contributed by atoms with Gasteiger partial charge < -0.3 is 10.1 Å². The van der Waals surface area contributed by atoms with Gasteiger partial charge in [-0.05, 0) is 30.5 Å². The van der Waals surface area contributed by atoms with Gasteiger partial charge in [0.2, 0.25) is 0 Å². The number of benzene rings is 2. The summed E-state index contributed by atoms with van der Waals surface area (Å²) in [5.74, 6) is 0.259. The predicted molar refractivity (Wildman–Crippen MR) is 99.8 cm³/mol. The summed E-state index contributed by atoms with van der Waals surface area (Å²) in [6.45, 7) is 0.608. The average Bonchev–Trinajstić information content (AvgIpc) is 3.38. The molecule has 0 spiro atoms. The Morgan fingerprint density at radius 3 is 2.38 bits per heavy atom. The number of carbonyl (C=O) groups is 1. The van der Waals surface area contributed by atoms with Crippen LogP contribution in [-0.2, 0) is 5.41 Å². The van der Waals surface area contributed by atoms with Gasteiger partial charge in [0, 0.05) is 12.0 Å². The third-order valence-electron chi connectivity index (χ3n) is 4.96. The lowest BCUT2D eigenvalue weighted by Crippen LogP contribution is -2.32. The highest BCUT2D eigenvalue weighted by Gasteiger charge is 2.44. The molecule has 0 aliphatic heterocycles. The molecule has 1 fully saturated rings. The minimum Gasteiger partial charge on any atom is -0.493 e. The number of amides is 1. The summed E-state index contributed by atoms with van der Waals surface area (Å²) in [4.78, 5) is 12.7. The SMILES string of the molecule is COc1cn(-c2ccccc2)nc1C(=O)NCC1(c2ccccc2)CC1. The van der Waals surface area contributed by atoms with Crippen LogP contribution in [0.25, 0.3) is 5.69 Å². The van der Waals surface area contributed by atoms with E-state index in [4.69, 9.17) is 4.74 Å². The van der Waals surface area contributed by atoms with Crippen molar-refractivity contribution in [3.8, 4) is 11.4 Å². The Kier molecular flexibility index (Phi) is 4.21. The standard InChI is InChI=1S/C21H21N3O2/c1-26-18-14-24(17-10-6-3-7-11-17)23-19(18)20(25)22-15-21(12-13-21)16-8-4-2-5-9-16/h2-11,14H,12-13,15H2,1H3,(H,22,25). The molecule has 1 aromatic heterocycles. The number of nitrogens with zero attached hydrogens (tertiary/aromatic N) is 2. The number of methoxy groups -OCH3 is 1. The molecule has 5 nitrogen and oxygen atoms in total. The third kappa shape index (κ3) is 3.08. The summed E-state index contributed by atoms with van der Waals surface area (Å²) in [7, 11) is 1.55. The van der Waals surface area contributed by atoms with E-state index >= 15 is 0 Å². The Morgan fingerprint density at radius 2 is 1.77 bits per heavy atom. The van der Waals surface area contributed by atoms with Crippen molar-refractivity contribution in [2.45, 2.75) is 18.3 Å². The van der Waals surface area contributed by atoms with E-state index in [2.05, 4.69) is 22.5 Å². The normalized spacial score (nSPS) is 14.7. The van der Waals surface area contributed by atoms with Gasteiger partial charge in [-0.1, -0.05) is 48.5 Å². The first-order valence-electron chi connectivity index (χ1n) is 8.75. The average molecular weight is 347 g/mol. The first-order valence-corrected chi connectivity index (χ1v) is 8.75. The molecular weight excluding hydrogens is 326 g/mol. The summed E-state index contributed by atoms with van der Waals surface area (Å²) in [6, 6.07) is 20.0. The first kappa shape index (κ1) is 16.4. The fraction of sp³-hybridized carbons (Fsp3) is 0.238. The van der Waals surface area contributed by atoms with E-state index in [0.29, 0.717) is 18.0 Å². The highest BCUT2D eigenvalue weighted by atomic mass is 16.5. The maximum atomic E-state index is 12.7. The van der Waals surface area contributed by atoms with Gasteiger partial charge in [-0.3, -0.25) is 4.79 Å². The van der Waals surface area contributed by atoms with E-state index < -0.39 is 0 Å². The maximum absolute atomic E-state index is 12.7. The quantitative estimate of drug-likeness (QED) is 0.744. The molecule has 2 aromatic carbocycles. The van der Waals surface area contributed by atoms with E-state index in [9.17, 15) is 4.79 Å². The lowest BCUT2D eigenvalue weighted by Gasteiger charge is -2.16. The molecular formula is C21H21N3O2. The predicted octanol–water partition coefficient (Wildman–Crippen LogP) is 3.34. The summed E-state index contributed by atoms with van der Waals surface area (Å²) < 4.78 is 7.02. The summed E-state index contributed by atoms with van der Waals surface area (Å²) in [5.41, 5.74) is 2.53. The van der Waals surface area contributed by atoms with Crippen LogP contribution in [0.5, 0.6) is 5.75 Å². The number of aromatic nitrogens is 2. The summed E-state index contributed by atoms with van der Waals surface area (Å²) in [6.07, 6.45) is 3.91. The largest absolute Gasteiger partial charge is 0.493 e. The lowest BCUT2D eigenvalue weighted by molar-refractivity contribution is 0.0941. The molecule has 1 heterocycles. The smallest absolute Gasteiger partial charge is 0.275 e. The molecule has 132 valence electrons. The van der Waals surface area contributed by atoms with Crippen LogP contribution < -0.4 is 10.1 Å². The van der Waals surface area contributed by atoms with E-state index in [1.54, 1.807) is 18.0 Å². The topological polar surface area (TPSA) is 56.2 Å². The number of nitrogens with one attached hydrogen (secondary N) is 1. The number of carbonyl (C=O) groups excluding carboxylic acids is 1. The number of hydrogen-bond donors (Lipinski definition) is 1. The van der Waals surface area contributed by atoms with Crippen molar-refractivity contribution in [3.05, 3.63) is 78.1 Å². The van der Waals surface area contributed by atoms with Crippen molar-refractivity contribution < 1.29 is 9.53 Å². The van der Waals surface area contributed by atoms with Gasteiger partial charge in [-0.25, -0.2) is 4.68 Å². The van der Waals surface area contributed by atoms with Crippen molar-refractivity contribution in [2.75, 3.05) is 13.7 Å². The third-order valence-corrected chi connectivity index (χ3v) is 4.96. The van der Waals surface area contributed by atoms with Gasteiger partial charge in [-0.15, -0.1) is 0 Å². The lowest BCUT2D eigenvalue weighted by atomic mass is 9.96. The van der Waals surface area contributed by atoms with Crippen molar-refractivity contribution in [3.63, 3.8) is 0 Å². The van der Waals surface area contributed by atoms with Gasteiger partial charge in [0.1, 0.15) is 0 Å². The maximum Gasteiger partial charge on any atom is 0.275 e. The zero-order valence-corrected chi connectivity index (χ0v) is 14.7. The van der Waals surface area contributed by atoms with Gasteiger partial charge in [0.25, 0.3) is 5.91 Å². The zero-order valence-electron chi connectivity index (χ0n) is 14.7. The van der Waals surface area contributed by atoms with Gasteiger partial charge >= 0.3 is 0 Å². The monoisotopic (exact) mass is 347 g/mol. The van der Waals surface area contributed by atoms with Gasteiger partial charge in [-0.2, -0.15) is 5.10 Å². The summed E-state index contributed by atoms with van der Waals surface area (Å²) in [5, 5.41) is 7.47. The molecule has 3 aromatic rings.